The third-order valence-electron chi connectivity index (χ3n) is 2.83. The topological polar surface area (TPSA) is 38.0 Å². The SMILES string of the molecule is NCC(Nc1cc(F)ccc1Cl)c1ccc(Cl)cc1Br. The van der Waals surface area contributed by atoms with Gasteiger partial charge in [-0.2, -0.15) is 0 Å². The molecule has 0 aliphatic rings. The van der Waals surface area contributed by atoms with Gasteiger partial charge in [0, 0.05) is 16.0 Å². The molecule has 106 valence electrons. The second-order valence-corrected chi connectivity index (χ2v) is 5.92. The van der Waals surface area contributed by atoms with Crippen LogP contribution >= 0.6 is 39.1 Å². The lowest BCUT2D eigenvalue weighted by molar-refractivity contribution is 0.627. The summed E-state index contributed by atoms with van der Waals surface area (Å²) in [6, 6.07) is 9.38. The second-order valence-electron chi connectivity index (χ2n) is 4.22. The van der Waals surface area contributed by atoms with Crippen molar-refractivity contribution in [2.75, 3.05) is 11.9 Å². The minimum atomic E-state index is -0.358. The summed E-state index contributed by atoms with van der Waals surface area (Å²) < 4.78 is 14.1. The van der Waals surface area contributed by atoms with Crippen molar-refractivity contribution < 1.29 is 4.39 Å². The summed E-state index contributed by atoms with van der Waals surface area (Å²) in [5.41, 5.74) is 7.23. The van der Waals surface area contributed by atoms with Gasteiger partial charge in [-0.25, -0.2) is 4.39 Å². The molecule has 0 fully saturated rings. The van der Waals surface area contributed by atoms with Crippen LogP contribution in [0.4, 0.5) is 10.1 Å². The van der Waals surface area contributed by atoms with Crippen LogP contribution in [0, 0.1) is 5.82 Å². The largest absolute Gasteiger partial charge is 0.376 e. The van der Waals surface area contributed by atoms with Gasteiger partial charge in [0.2, 0.25) is 0 Å². The molecule has 0 aromatic heterocycles. The first-order valence-electron chi connectivity index (χ1n) is 5.88. The summed E-state index contributed by atoms with van der Waals surface area (Å²) in [4.78, 5) is 0. The average Bonchev–Trinajstić information content (AvgIpc) is 2.40. The van der Waals surface area contributed by atoms with Crippen LogP contribution < -0.4 is 11.1 Å². The van der Waals surface area contributed by atoms with E-state index in [1.807, 2.05) is 6.07 Å². The first-order chi connectivity index (χ1) is 9.51. The molecule has 3 N–H and O–H groups in total. The number of rotatable bonds is 4. The normalized spacial score (nSPS) is 12.2. The molecule has 0 radical (unpaired) electrons. The zero-order valence-electron chi connectivity index (χ0n) is 10.3. The Kier molecular flexibility index (Phi) is 5.27. The van der Waals surface area contributed by atoms with E-state index in [1.165, 1.54) is 18.2 Å². The molecular weight excluding hydrogens is 366 g/mol. The van der Waals surface area contributed by atoms with Crippen molar-refractivity contribution in [3.63, 3.8) is 0 Å². The van der Waals surface area contributed by atoms with Gasteiger partial charge in [-0.3, -0.25) is 0 Å². The highest BCUT2D eigenvalue weighted by Crippen LogP contribution is 2.31. The minimum Gasteiger partial charge on any atom is -0.376 e. The number of hydrogen-bond acceptors (Lipinski definition) is 2. The fourth-order valence-electron chi connectivity index (χ4n) is 1.84. The molecule has 1 atom stereocenters. The number of nitrogens with two attached hydrogens (primary N) is 1. The molecule has 20 heavy (non-hydrogen) atoms. The highest BCUT2D eigenvalue weighted by Gasteiger charge is 2.15. The highest BCUT2D eigenvalue weighted by molar-refractivity contribution is 9.10. The molecule has 0 amide bonds. The van der Waals surface area contributed by atoms with Gasteiger partial charge in [-0.05, 0) is 35.9 Å². The second kappa shape index (κ2) is 6.76. The molecule has 0 heterocycles. The molecule has 0 saturated heterocycles. The number of halogens is 4. The van der Waals surface area contributed by atoms with Crippen molar-refractivity contribution in [3.8, 4) is 0 Å². The van der Waals surface area contributed by atoms with E-state index in [1.54, 1.807) is 12.1 Å². The maximum atomic E-state index is 13.3. The molecule has 6 heteroatoms. The van der Waals surface area contributed by atoms with Crippen molar-refractivity contribution in [2.24, 2.45) is 5.73 Å². The smallest absolute Gasteiger partial charge is 0.125 e. The molecule has 2 aromatic rings. The number of anilines is 1. The average molecular weight is 378 g/mol. The van der Waals surface area contributed by atoms with Crippen molar-refractivity contribution in [3.05, 3.63) is 62.3 Å². The van der Waals surface area contributed by atoms with Crippen molar-refractivity contribution in [2.45, 2.75) is 6.04 Å². The van der Waals surface area contributed by atoms with Gasteiger partial charge >= 0.3 is 0 Å². The van der Waals surface area contributed by atoms with Crippen molar-refractivity contribution in [1.82, 2.24) is 0 Å². The molecule has 0 spiro atoms. The summed E-state index contributed by atoms with van der Waals surface area (Å²) in [5.74, 6) is -0.358. The molecule has 2 rings (SSSR count). The molecule has 0 aliphatic carbocycles. The van der Waals surface area contributed by atoms with Crippen LogP contribution in [0.15, 0.2) is 40.9 Å². The van der Waals surface area contributed by atoms with E-state index in [2.05, 4.69) is 21.2 Å². The lowest BCUT2D eigenvalue weighted by Crippen LogP contribution is -2.21. The summed E-state index contributed by atoms with van der Waals surface area (Å²) >= 11 is 15.4. The monoisotopic (exact) mass is 376 g/mol. The summed E-state index contributed by atoms with van der Waals surface area (Å²) in [6.07, 6.45) is 0. The predicted molar refractivity (Wildman–Crippen MR) is 86.0 cm³/mol. The van der Waals surface area contributed by atoms with Crippen LogP contribution in [-0.2, 0) is 0 Å². The molecule has 2 nitrogen and oxygen atoms in total. The maximum absolute atomic E-state index is 13.3. The van der Waals surface area contributed by atoms with Gasteiger partial charge in [0.05, 0.1) is 16.8 Å². The first-order valence-corrected chi connectivity index (χ1v) is 7.42. The van der Waals surface area contributed by atoms with E-state index in [0.717, 1.165) is 10.0 Å². The van der Waals surface area contributed by atoms with Crippen LogP contribution in [0.25, 0.3) is 0 Å². The van der Waals surface area contributed by atoms with Gasteiger partial charge in [0.25, 0.3) is 0 Å². The minimum absolute atomic E-state index is 0.207. The number of nitrogens with one attached hydrogen (secondary N) is 1. The van der Waals surface area contributed by atoms with E-state index in [-0.39, 0.29) is 11.9 Å². The van der Waals surface area contributed by atoms with E-state index in [0.29, 0.717) is 22.3 Å². The molecule has 0 saturated carbocycles. The number of benzene rings is 2. The van der Waals surface area contributed by atoms with Gasteiger partial charge < -0.3 is 11.1 Å². The zero-order chi connectivity index (χ0) is 14.7. The standard InChI is InChI=1S/C14H12BrCl2FN2/c15-11-5-8(16)1-3-10(11)14(7-19)20-13-6-9(18)2-4-12(13)17/h1-6,14,20H,7,19H2. The molecule has 1 unspecified atom stereocenters. The fourth-order valence-corrected chi connectivity index (χ4v) is 2.97. The van der Waals surface area contributed by atoms with Crippen LogP contribution in [0.3, 0.4) is 0 Å². The van der Waals surface area contributed by atoms with E-state index >= 15 is 0 Å². The van der Waals surface area contributed by atoms with Crippen LogP contribution in [0.5, 0.6) is 0 Å². The Balaban J connectivity index is 2.31. The van der Waals surface area contributed by atoms with Gasteiger partial charge in [0.1, 0.15) is 5.82 Å². The Morgan fingerprint density at radius 1 is 1.20 bits per heavy atom. The Labute approximate surface area is 135 Å². The molecule has 0 aliphatic heterocycles. The highest BCUT2D eigenvalue weighted by atomic mass is 79.9. The lowest BCUT2D eigenvalue weighted by atomic mass is 10.1. The van der Waals surface area contributed by atoms with E-state index < -0.39 is 0 Å². The Morgan fingerprint density at radius 3 is 2.60 bits per heavy atom. The summed E-state index contributed by atoms with van der Waals surface area (Å²) in [6.45, 7) is 0.326. The van der Waals surface area contributed by atoms with E-state index in [9.17, 15) is 4.39 Å². The third-order valence-corrected chi connectivity index (χ3v) is 4.08. The lowest BCUT2D eigenvalue weighted by Gasteiger charge is -2.21. The Bertz CT molecular complexity index is 622. The van der Waals surface area contributed by atoms with Crippen LogP contribution in [0.2, 0.25) is 10.0 Å². The van der Waals surface area contributed by atoms with Gasteiger partial charge in [-0.15, -0.1) is 0 Å². The zero-order valence-corrected chi connectivity index (χ0v) is 13.4. The predicted octanol–water partition coefficient (Wildman–Crippen LogP) is 5.01. The van der Waals surface area contributed by atoms with Crippen LogP contribution in [-0.4, -0.2) is 6.54 Å². The van der Waals surface area contributed by atoms with Crippen LogP contribution in [0.1, 0.15) is 11.6 Å². The van der Waals surface area contributed by atoms with Crippen molar-refractivity contribution in [1.29, 1.82) is 0 Å². The van der Waals surface area contributed by atoms with Crippen molar-refractivity contribution >= 4 is 44.8 Å². The fraction of sp³-hybridized carbons (Fsp3) is 0.143. The molecule has 2 aromatic carbocycles. The number of hydrogen-bond donors (Lipinski definition) is 2. The van der Waals surface area contributed by atoms with Gasteiger partial charge in [-0.1, -0.05) is 45.2 Å². The summed E-state index contributed by atoms with van der Waals surface area (Å²) in [5, 5.41) is 4.21. The van der Waals surface area contributed by atoms with E-state index in [4.69, 9.17) is 28.9 Å². The summed E-state index contributed by atoms with van der Waals surface area (Å²) in [7, 11) is 0. The molecule has 0 bridgehead atoms. The van der Waals surface area contributed by atoms with Gasteiger partial charge in [0.15, 0.2) is 0 Å². The Hall–Kier alpha value is -0.810. The maximum Gasteiger partial charge on any atom is 0.125 e. The Morgan fingerprint density at radius 2 is 1.95 bits per heavy atom. The molecular formula is C14H12BrCl2FN2. The quantitative estimate of drug-likeness (QED) is 0.786. The third kappa shape index (κ3) is 3.64. The first kappa shape index (κ1) is 15.6.